The standard InChI is InChI=1S/C19H16N2O3S/c1-12-6-3-4-9-15(12)16-11-25-19(20-16)21-17(22)13-7-5-8-14(10-13)18(23)24-2/h3-11H,1-2H3,(H,20,21,22). The van der Waals surface area contributed by atoms with Crippen LogP contribution in [-0.2, 0) is 4.74 Å². The predicted octanol–water partition coefficient (Wildman–Crippen LogP) is 4.16. The Balaban J connectivity index is 1.78. The van der Waals surface area contributed by atoms with E-state index >= 15 is 0 Å². The minimum Gasteiger partial charge on any atom is -0.465 e. The topological polar surface area (TPSA) is 68.3 Å². The molecule has 0 bridgehead atoms. The fraction of sp³-hybridized carbons (Fsp3) is 0.105. The van der Waals surface area contributed by atoms with Gasteiger partial charge in [0.15, 0.2) is 5.13 Å². The van der Waals surface area contributed by atoms with E-state index < -0.39 is 5.97 Å². The number of carbonyl (C=O) groups is 2. The Kier molecular flexibility index (Phi) is 4.90. The summed E-state index contributed by atoms with van der Waals surface area (Å²) >= 11 is 1.36. The lowest BCUT2D eigenvalue weighted by atomic mass is 10.1. The van der Waals surface area contributed by atoms with Gasteiger partial charge in [-0.3, -0.25) is 10.1 Å². The molecule has 3 aromatic rings. The first-order chi connectivity index (χ1) is 12.1. The molecule has 6 heteroatoms. The molecule has 0 aliphatic carbocycles. The SMILES string of the molecule is COC(=O)c1cccc(C(=O)Nc2nc(-c3ccccc3C)cs2)c1. The van der Waals surface area contributed by atoms with Gasteiger partial charge in [-0.25, -0.2) is 9.78 Å². The van der Waals surface area contributed by atoms with Crippen LogP contribution in [0.4, 0.5) is 5.13 Å². The van der Waals surface area contributed by atoms with Crippen LogP contribution in [0, 0.1) is 6.92 Å². The van der Waals surface area contributed by atoms with Gasteiger partial charge in [0.05, 0.1) is 18.4 Å². The van der Waals surface area contributed by atoms with Gasteiger partial charge < -0.3 is 4.74 Å². The Labute approximate surface area is 149 Å². The number of hydrogen-bond donors (Lipinski definition) is 1. The lowest BCUT2D eigenvalue weighted by Crippen LogP contribution is -2.13. The van der Waals surface area contributed by atoms with E-state index in [1.165, 1.54) is 24.5 Å². The van der Waals surface area contributed by atoms with Crippen molar-refractivity contribution >= 4 is 28.3 Å². The second-order valence-electron chi connectivity index (χ2n) is 5.38. The summed E-state index contributed by atoms with van der Waals surface area (Å²) < 4.78 is 4.67. The molecule has 25 heavy (non-hydrogen) atoms. The minimum atomic E-state index is -0.481. The number of rotatable bonds is 4. The number of aromatic nitrogens is 1. The second-order valence-corrected chi connectivity index (χ2v) is 6.24. The summed E-state index contributed by atoms with van der Waals surface area (Å²) in [7, 11) is 1.30. The van der Waals surface area contributed by atoms with Gasteiger partial charge in [0.2, 0.25) is 0 Å². The average Bonchev–Trinajstić information content (AvgIpc) is 3.09. The van der Waals surface area contributed by atoms with Crippen molar-refractivity contribution in [2.45, 2.75) is 6.92 Å². The maximum atomic E-state index is 12.4. The quantitative estimate of drug-likeness (QED) is 0.716. The van der Waals surface area contributed by atoms with Crippen molar-refractivity contribution in [2.24, 2.45) is 0 Å². The Hall–Kier alpha value is -2.99. The van der Waals surface area contributed by atoms with Gasteiger partial charge in [0.25, 0.3) is 5.91 Å². The molecule has 0 aliphatic rings. The molecule has 0 spiro atoms. The van der Waals surface area contributed by atoms with E-state index in [0.29, 0.717) is 16.3 Å². The molecule has 2 aromatic carbocycles. The molecule has 0 saturated heterocycles. The third-order valence-corrected chi connectivity index (χ3v) is 4.45. The molecular weight excluding hydrogens is 336 g/mol. The number of benzene rings is 2. The highest BCUT2D eigenvalue weighted by atomic mass is 32.1. The number of esters is 1. The van der Waals surface area contributed by atoms with Crippen molar-refractivity contribution in [3.8, 4) is 11.3 Å². The van der Waals surface area contributed by atoms with Crippen LogP contribution in [0.5, 0.6) is 0 Å². The number of thiazole rings is 1. The van der Waals surface area contributed by atoms with Crippen molar-refractivity contribution < 1.29 is 14.3 Å². The van der Waals surface area contributed by atoms with Crippen LogP contribution >= 0.6 is 11.3 Å². The summed E-state index contributed by atoms with van der Waals surface area (Å²) in [6.07, 6.45) is 0. The van der Waals surface area contributed by atoms with Gasteiger partial charge >= 0.3 is 5.97 Å². The molecule has 3 rings (SSSR count). The van der Waals surface area contributed by atoms with Crippen molar-refractivity contribution in [2.75, 3.05) is 12.4 Å². The summed E-state index contributed by atoms with van der Waals surface area (Å²) in [5.74, 6) is -0.804. The number of ether oxygens (including phenoxy) is 1. The zero-order chi connectivity index (χ0) is 17.8. The van der Waals surface area contributed by atoms with Crippen LogP contribution in [0.15, 0.2) is 53.9 Å². The number of amides is 1. The smallest absolute Gasteiger partial charge is 0.337 e. The summed E-state index contributed by atoms with van der Waals surface area (Å²) in [6.45, 7) is 2.02. The molecule has 0 radical (unpaired) electrons. The van der Waals surface area contributed by atoms with Crippen molar-refractivity contribution in [1.29, 1.82) is 0 Å². The molecule has 0 atom stereocenters. The number of nitrogens with zero attached hydrogens (tertiary/aromatic N) is 1. The fourth-order valence-electron chi connectivity index (χ4n) is 2.39. The number of anilines is 1. The largest absolute Gasteiger partial charge is 0.465 e. The van der Waals surface area contributed by atoms with Crippen LogP contribution in [0.25, 0.3) is 11.3 Å². The number of methoxy groups -OCH3 is 1. The van der Waals surface area contributed by atoms with Crippen LogP contribution < -0.4 is 5.32 Å². The number of carbonyl (C=O) groups excluding carboxylic acids is 2. The molecule has 0 aliphatic heterocycles. The molecule has 1 amide bonds. The third kappa shape index (κ3) is 3.75. The van der Waals surface area contributed by atoms with E-state index in [1.54, 1.807) is 18.2 Å². The first-order valence-electron chi connectivity index (χ1n) is 7.60. The highest BCUT2D eigenvalue weighted by Gasteiger charge is 2.13. The molecule has 1 heterocycles. The van der Waals surface area contributed by atoms with E-state index in [4.69, 9.17) is 0 Å². The summed E-state index contributed by atoms with van der Waals surface area (Å²) in [5.41, 5.74) is 3.68. The van der Waals surface area contributed by atoms with E-state index in [1.807, 2.05) is 36.6 Å². The number of hydrogen-bond acceptors (Lipinski definition) is 5. The van der Waals surface area contributed by atoms with E-state index in [2.05, 4.69) is 15.0 Å². The Morgan fingerprint density at radius 3 is 2.60 bits per heavy atom. The van der Waals surface area contributed by atoms with Crippen LogP contribution in [0.2, 0.25) is 0 Å². The lowest BCUT2D eigenvalue weighted by Gasteiger charge is -2.04. The van der Waals surface area contributed by atoms with Gasteiger partial charge in [-0.05, 0) is 30.7 Å². The molecule has 126 valence electrons. The van der Waals surface area contributed by atoms with E-state index in [9.17, 15) is 9.59 Å². The molecular formula is C19H16N2O3S. The van der Waals surface area contributed by atoms with E-state index in [-0.39, 0.29) is 5.91 Å². The van der Waals surface area contributed by atoms with Crippen LogP contribution in [0.1, 0.15) is 26.3 Å². The molecule has 1 N–H and O–H groups in total. The first kappa shape index (κ1) is 16.9. The highest BCUT2D eigenvalue weighted by molar-refractivity contribution is 7.14. The summed E-state index contributed by atoms with van der Waals surface area (Å²) in [5, 5.41) is 5.18. The third-order valence-electron chi connectivity index (χ3n) is 3.69. The summed E-state index contributed by atoms with van der Waals surface area (Å²) in [6, 6.07) is 14.3. The Morgan fingerprint density at radius 1 is 1.08 bits per heavy atom. The average molecular weight is 352 g/mol. The monoisotopic (exact) mass is 352 g/mol. The van der Waals surface area contributed by atoms with Crippen LogP contribution in [-0.4, -0.2) is 24.0 Å². The zero-order valence-corrected chi connectivity index (χ0v) is 14.6. The van der Waals surface area contributed by atoms with Gasteiger partial charge in [0.1, 0.15) is 0 Å². The molecule has 0 fully saturated rings. The molecule has 0 saturated carbocycles. The maximum Gasteiger partial charge on any atom is 0.337 e. The predicted molar refractivity (Wildman–Crippen MR) is 98.0 cm³/mol. The number of aryl methyl sites for hydroxylation is 1. The first-order valence-corrected chi connectivity index (χ1v) is 8.47. The lowest BCUT2D eigenvalue weighted by molar-refractivity contribution is 0.0600. The molecule has 1 aromatic heterocycles. The Bertz CT molecular complexity index is 934. The van der Waals surface area contributed by atoms with Gasteiger partial charge in [-0.15, -0.1) is 11.3 Å². The van der Waals surface area contributed by atoms with Crippen molar-refractivity contribution in [1.82, 2.24) is 4.98 Å². The van der Waals surface area contributed by atoms with Gasteiger partial charge in [-0.2, -0.15) is 0 Å². The van der Waals surface area contributed by atoms with Gasteiger partial charge in [0, 0.05) is 16.5 Å². The van der Waals surface area contributed by atoms with Crippen molar-refractivity contribution in [3.05, 3.63) is 70.6 Å². The summed E-state index contributed by atoms with van der Waals surface area (Å²) in [4.78, 5) is 28.4. The Morgan fingerprint density at radius 2 is 1.84 bits per heavy atom. The normalized spacial score (nSPS) is 10.3. The maximum absolute atomic E-state index is 12.4. The van der Waals surface area contributed by atoms with Crippen molar-refractivity contribution in [3.63, 3.8) is 0 Å². The van der Waals surface area contributed by atoms with Gasteiger partial charge in [-0.1, -0.05) is 30.3 Å². The zero-order valence-electron chi connectivity index (χ0n) is 13.8. The molecule has 0 unspecified atom stereocenters. The molecule has 5 nitrogen and oxygen atoms in total. The minimum absolute atomic E-state index is 0.323. The fourth-order valence-corrected chi connectivity index (χ4v) is 3.10. The van der Waals surface area contributed by atoms with E-state index in [0.717, 1.165) is 16.8 Å². The number of nitrogens with one attached hydrogen (secondary N) is 1. The second kappa shape index (κ2) is 7.27. The van der Waals surface area contributed by atoms with Crippen LogP contribution in [0.3, 0.4) is 0 Å². The highest BCUT2D eigenvalue weighted by Crippen LogP contribution is 2.27.